The Balaban J connectivity index is 2.09. The van der Waals surface area contributed by atoms with Gasteiger partial charge in [0.1, 0.15) is 0 Å². The Labute approximate surface area is 103 Å². The van der Waals surface area contributed by atoms with E-state index in [2.05, 4.69) is 72.8 Å². The first kappa shape index (κ1) is 11.5. The number of hydrogen-bond donors (Lipinski definition) is 1. The SMILES string of the molecule is CN(C)c1ccccc1NCc1ccccc1. The van der Waals surface area contributed by atoms with Crippen molar-refractivity contribution in [3.63, 3.8) is 0 Å². The molecule has 0 amide bonds. The maximum atomic E-state index is 3.47. The molecule has 0 spiro atoms. The van der Waals surface area contributed by atoms with Crippen molar-refractivity contribution in [1.29, 1.82) is 0 Å². The summed E-state index contributed by atoms with van der Waals surface area (Å²) in [5.41, 5.74) is 3.67. The van der Waals surface area contributed by atoms with Crippen molar-refractivity contribution in [2.75, 3.05) is 24.3 Å². The normalized spacial score (nSPS) is 10.0. The van der Waals surface area contributed by atoms with Crippen LogP contribution in [0.25, 0.3) is 0 Å². The van der Waals surface area contributed by atoms with Gasteiger partial charge in [-0.25, -0.2) is 0 Å². The lowest BCUT2D eigenvalue weighted by Crippen LogP contribution is -2.12. The summed E-state index contributed by atoms with van der Waals surface area (Å²) in [6.45, 7) is 0.853. The molecule has 17 heavy (non-hydrogen) atoms. The molecule has 0 aliphatic rings. The second-order valence-electron chi connectivity index (χ2n) is 4.25. The number of nitrogens with zero attached hydrogens (tertiary/aromatic N) is 1. The molecule has 0 aliphatic heterocycles. The fourth-order valence-electron chi connectivity index (χ4n) is 1.81. The van der Waals surface area contributed by atoms with Gasteiger partial charge in [-0.15, -0.1) is 0 Å². The van der Waals surface area contributed by atoms with E-state index in [0.29, 0.717) is 0 Å². The molecule has 0 bridgehead atoms. The molecule has 0 aliphatic carbocycles. The second-order valence-corrected chi connectivity index (χ2v) is 4.25. The van der Waals surface area contributed by atoms with Crippen LogP contribution in [0, 0.1) is 0 Å². The predicted molar refractivity (Wildman–Crippen MR) is 74.5 cm³/mol. The molecule has 2 aromatic rings. The van der Waals surface area contributed by atoms with Gasteiger partial charge in [-0.1, -0.05) is 42.5 Å². The highest BCUT2D eigenvalue weighted by Gasteiger charge is 2.02. The van der Waals surface area contributed by atoms with Crippen LogP contribution in [0.5, 0.6) is 0 Å². The van der Waals surface area contributed by atoms with Crippen LogP contribution in [0.15, 0.2) is 54.6 Å². The van der Waals surface area contributed by atoms with Gasteiger partial charge in [0.25, 0.3) is 0 Å². The Morgan fingerprint density at radius 3 is 2.24 bits per heavy atom. The Morgan fingerprint density at radius 1 is 0.882 bits per heavy atom. The molecule has 2 rings (SSSR count). The van der Waals surface area contributed by atoms with E-state index < -0.39 is 0 Å². The second kappa shape index (κ2) is 5.39. The van der Waals surface area contributed by atoms with Crippen molar-refractivity contribution in [1.82, 2.24) is 0 Å². The minimum absolute atomic E-state index is 0.853. The molecular formula is C15H18N2. The lowest BCUT2D eigenvalue weighted by molar-refractivity contribution is 1.10. The van der Waals surface area contributed by atoms with Crippen molar-refractivity contribution in [2.24, 2.45) is 0 Å². The van der Waals surface area contributed by atoms with Crippen LogP contribution in [-0.2, 0) is 6.54 Å². The summed E-state index contributed by atoms with van der Waals surface area (Å²) in [4.78, 5) is 2.12. The molecule has 1 N–H and O–H groups in total. The van der Waals surface area contributed by atoms with E-state index in [0.717, 1.165) is 6.54 Å². The zero-order chi connectivity index (χ0) is 12.1. The lowest BCUT2D eigenvalue weighted by atomic mass is 10.2. The van der Waals surface area contributed by atoms with Crippen molar-refractivity contribution >= 4 is 11.4 Å². The highest BCUT2D eigenvalue weighted by molar-refractivity contribution is 5.69. The zero-order valence-corrected chi connectivity index (χ0v) is 10.4. The van der Waals surface area contributed by atoms with Gasteiger partial charge in [0.2, 0.25) is 0 Å². The van der Waals surface area contributed by atoms with Gasteiger partial charge >= 0.3 is 0 Å². The number of anilines is 2. The summed E-state index contributed by atoms with van der Waals surface area (Å²) in [5, 5.41) is 3.47. The van der Waals surface area contributed by atoms with E-state index in [1.165, 1.54) is 16.9 Å². The van der Waals surface area contributed by atoms with E-state index in [9.17, 15) is 0 Å². The topological polar surface area (TPSA) is 15.3 Å². The molecule has 0 heterocycles. The molecule has 0 atom stereocenters. The number of hydrogen-bond acceptors (Lipinski definition) is 2. The van der Waals surface area contributed by atoms with Crippen LogP contribution >= 0.6 is 0 Å². The van der Waals surface area contributed by atoms with E-state index in [-0.39, 0.29) is 0 Å². The summed E-state index contributed by atoms with van der Waals surface area (Å²) in [6, 6.07) is 18.8. The van der Waals surface area contributed by atoms with Gasteiger partial charge < -0.3 is 10.2 Å². The number of benzene rings is 2. The average Bonchev–Trinajstić information content (AvgIpc) is 2.38. The molecule has 2 heteroatoms. The van der Waals surface area contributed by atoms with Gasteiger partial charge in [0, 0.05) is 20.6 Å². The van der Waals surface area contributed by atoms with Crippen molar-refractivity contribution < 1.29 is 0 Å². The van der Waals surface area contributed by atoms with E-state index in [1.807, 2.05) is 6.07 Å². The molecular weight excluding hydrogens is 208 g/mol. The number of para-hydroxylation sites is 2. The highest BCUT2D eigenvalue weighted by atomic mass is 15.1. The highest BCUT2D eigenvalue weighted by Crippen LogP contribution is 2.23. The van der Waals surface area contributed by atoms with Crippen molar-refractivity contribution in [3.05, 3.63) is 60.2 Å². The maximum absolute atomic E-state index is 3.47. The van der Waals surface area contributed by atoms with Crippen LogP contribution in [0.2, 0.25) is 0 Å². The third-order valence-corrected chi connectivity index (χ3v) is 2.71. The van der Waals surface area contributed by atoms with Crippen molar-refractivity contribution in [3.8, 4) is 0 Å². The fourth-order valence-corrected chi connectivity index (χ4v) is 1.81. The number of nitrogens with one attached hydrogen (secondary N) is 1. The minimum Gasteiger partial charge on any atom is -0.379 e. The smallest absolute Gasteiger partial charge is 0.0596 e. The molecule has 2 nitrogen and oxygen atoms in total. The Hall–Kier alpha value is -1.96. The van der Waals surface area contributed by atoms with Crippen LogP contribution in [-0.4, -0.2) is 14.1 Å². The fraction of sp³-hybridized carbons (Fsp3) is 0.200. The van der Waals surface area contributed by atoms with Crippen molar-refractivity contribution in [2.45, 2.75) is 6.54 Å². The Bertz CT molecular complexity index is 463. The molecule has 2 aromatic carbocycles. The van der Waals surface area contributed by atoms with E-state index in [4.69, 9.17) is 0 Å². The molecule has 0 aromatic heterocycles. The summed E-state index contributed by atoms with van der Waals surface area (Å²) in [5.74, 6) is 0. The van der Waals surface area contributed by atoms with E-state index >= 15 is 0 Å². The Kier molecular flexibility index (Phi) is 3.66. The molecule has 0 fully saturated rings. The van der Waals surface area contributed by atoms with Gasteiger partial charge in [-0.3, -0.25) is 0 Å². The summed E-state index contributed by atoms with van der Waals surface area (Å²) >= 11 is 0. The molecule has 0 saturated carbocycles. The quantitative estimate of drug-likeness (QED) is 0.860. The first-order valence-corrected chi connectivity index (χ1v) is 5.81. The molecule has 88 valence electrons. The first-order valence-electron chi connectivity index (χ1n) is 5.81. The lowest BCUT2D eigenvalue weighted by Gasteiger charge is -2.18. The van der Waals surface area contributed by atoms with Gasteiger partial charge in [0.15, 0.2) is 0 Å². The third kappa shape index (κ3) is 3.00. The molecule has 0 radical (unpaired) electrons. The van der Waals surface area contributed by atoms with Crippen LogP contribution in [0.4, 0.5) is 11.4 Å². The average molecular weight is 226 g/mol. The van der Waals surface area contributed by atoms with Crippen LogP contribution < -0.4 is 10.2 Å². The zero-order valence-electron chi connectivity index (χ0n) is 10.4. The summed E-state index contributed by atoms with van der Waals surface area (Å²) in [6.07, 6.45) is 0. The standard InChI is InChI=1S/C15H18N2/c1-17(2)15-11-7-6-10-14(15)16-12-13-8-4-3-5-9-13/h3-11,16H,12H2,1-2H3. The predicted octanol–water partition coefficient (Wildman–Crippen LogP) is 3.36. The van der Waals surface area contributed by atoms with Crippen LogP contribution in [0.1, 0.15) is 5.56 Å². The largest absolute Gasteiger partial charge is 0.379 e. The Morgan fingerprint density at radius 2 is 1.53 bits per heavy atom. The first-order chi connectivity index (χ1) is 8.27. The summed E-state index contributed by atoms with van der Waals surface area (Å²) < 4.78 is 0. The minimum atomic E-state index is 0.853. The van der Waals surface area contributed by atoms with E-state index in [1.54, 1.807) is 0 Å². The molecule has 0 unspecified atom stereocenters. The maximum Gasteiger partial charge on any atom is 0.0596 e. The monoisotopic (exact) mass is 226 g/mol. The van der Waals surface area contributed by atoms with Gasteiger partial charge in [-0.05, 0) is 17.7 Å². The molecule has 0 saturated heterocycles. The van der Waals surface area contributed by atoms with Gasteiger partial charge in [-0.2, -0.15) is 0 Å². The third-order valence-electron chi connectivity index (χ3n) is 2.71. The van der Waals surface area contributed by atoms with Crippen LogP contribution in [0.3, 0.4) is 0 Å². The number of rotatable bonds is 4. The van der Waals surface area contributed by atoms with Gasteiger partial charge in [0.05, 0.1) is 11.4 Å². The summed E-state index contributed by atoms with van der Waals surface area (Å²) in [7, 11) is 4.12.